The summed E-state index contributed by atoms with van der Waals surface area (Å²) in [6.07, 6.45) is 1.98. The van der Waals surface area contributed by atoms with E-state index in [4.69, 9.17) is 0 Å². The lowest BCUT2D eigenvalue weighted by Crippen LogP contribution is -2.34. The van der Waals surface area contributed by atoms with Crippen LogP contribution < -0.4 is 5.32 Å². The number of nitrogens with zero attached hydrogens (tertiary/aromatic N) is 2. The number of hydrogen-bond donors (Lipinski definition) is 1. The molecule has 0 bridgehead atoms. The molecule has 1 rings (SSSR count). The van der Waals surface area contributed by atoms with Crippen LogP contribution in [0.5, 0.6) is 0 Å². The van der Waals surface area contributed by atoms with Gasteiger partial charge in [-0.2, -0.15) is 0 Å². The van der Waals surface area contributed by atoms with E-state index in [1.807, 2.05) is 13.1 Å². The topological polar surface area (TPSA) is 28.2 Å². The number of thiazole rings is 1. The summed E-state index contributed by atoms with van der Waals surface area (Å²) >= 11 is 1.77. The Bertz CT molecular complexity index is 309. The molecule has 0 radical (unpaired) electrons. The van der Waals surface area contributed by atoms with Gasteiger partial charge in [-0.3, -0.25) is 0 Å². The van der Waals surface area contributed by atoms with Crippen LogP contribution in [0.1, 0.15) is 36.7 Å². The number of nitrogens with one attached hydrogen (secondary N) is 1. The highest BCUT2D eigenvalue weighted by Gasteiger charge is 2.08. The molecule has 0 aliphatic rings. The lowest BCUT2D eigenvalue weighted by atomic mass is 10.3. The maximum atomic E-state index is 4.28. The molecule has 1 unspecified atom stereocenters. The Kier molecular flexibility index (Phi) is 5.38. The third-order valence-corrected chi connectivity index (χ3v) is 3.96. The van der Waals surface area contributed by atoms with Gasteiger partial charge in [0.15, 0.2) is 0 Å². The van der Waals surface area contributed by atoms with E-state index in [0.29, 0.717) is 12.1 Å². The zero-order chi connectivity index (χ0) is 12.1. The van der Waals surface area contributed by atoms with Crippen molar-refractivity contribution in [2.24, 2.45) is 0 Å². The largest absolute Gasteiger partial charge is 0.308 e. The molecule has 1 aromatic heterocycles. The molecule has 0 amide bonds. The van der Waals surface area contributed by atoms with Gasteiger partial charge < -0.3 is 10.2 Å². The van der Waals surface area contributed by atoms with Crippen LogP contribution in [0.3, 0.4) is 0 Å². The van der Waals surface area contributed by atoms with Gasteiger partial charge in [-0.1, -0.05) is 0 Å². The summed E-state index contributed by atoms with van der Waals surface area (Å²) in [5, 5.41) is 4.67. The van der Waals surface area contributed by atoms with Crippen LogP contribution in [0.4, 0.5) is 0 Å². The fourth-order valence-electron chi connectivity index (χ4n) is 1.39. The summed E-state index contributed by atoms with van der Waals surface area (Å²) in [7, 11) is 2.16. The van der Waals surface area contributed by atoms with Crippen LogP contribution in [-0.2, 0) is 0 Å². The molecule has 16 heavy (non-hydrogen) atoms. The van der Waals surface area contributed by atoms with E-state index in [-0.39, 0.29) is 0 Å². The standard InChI is InChI=1S/C12H23N3S/c1-9(2)15(5)7-6-13-10(3)12-8-14-11(4)16-12/h8-10,13H,6-7H2,1-5H3. The van der Waals surface area contributed by atoms with Gasteiger partial charge in [0, 0.05) is 36.2 Å². The number of rotatable bonds is 6. The Morgan fingerprint density at radius 1 is 1.44 bits per heavy atom. The van der Waals surface area contributed by atoms with Crippen molar-refractivity contribution in [2.45, 2.75) is 39.8 Å². The quantitative estimate of drug-likeness (QED) is 0.829. The normalized spacial score (nSPS) is 13.7. The van der Waals surface area contributed by atoms with Gasteiger partial charge in [0.2, 0.25) is 0 Å². The highest BCUT2D eigenvalue weighted by Crippen LogP contribution is 2.19. The van der Waals surface area contributed by atoms with Gasteiger partial charge in [-0.05, 0) is 34.7 Å². The Balaban J connectivity index is 2.28. The molecule has 0 saturated carbocycles. The van der Waals surface area contributed by atoms with Gasteiger partial charge >= 0.3 is 0 Å². The van der Waals surface area contributed by atoms with Crippen molar-refractivity contribution in [3.05, 3.63) is 16.1 Å². The number of likely N-dealkylation sites (N-methyl/N-ethyl adjacent to an activating group) is 1. The van der Waals surface area contributed by atoms with E-state index in [1.165, 1.54) is 4.88 Å². The van der Waals surface area contributed by atoms with Crippen molar-refractivity contribution in [1.29, 1.82) is 0 Å². The van der Waals surface area contributed by atoms with E-state index in [2.05, 4.69) is 43.0 Å². The molecule has 1 N–H and O–H groups in total. The first kappa shape index (κ1) is 13.6. The molecule has 0 aromatic carbocycles. The van der Waals surface area contributed by atoms with E-state index in [1.54, 1.807) is 11.3 Å². The number of aromatic nitrogens is 1. The lowest BCUT2D eigenvalue weighted by Gasteiger charge is -2.22. The summed E-state index contributed by atoms with van der Waals surface area (Å²) in [4.78, 5) is 7.95. The van der Waals surface area contributed by atoms with Crippen molar-refractivity contribution >= 4 is 11.3 Å². The maximum Gasteiger partial charge on any atom is 0.0897 e. The zero-order valence-electron chi connectivity index (χ0n) is 10.9. The van der Waals surface area contributed by atoms with Crippen LogP contribution in [0.25, 0.3) is 0 Å². The lowest BCUT2D eigenvalue weighted by molar-refractivity contribution is 0.270. The van der Waals surface area contributed by atoms with E-state index in [0.717, 1.165) is 18.1 Å². The average molecular weight is 241 g/mol. The Morgan fingerprint density at radius 2 is 2.12 bits per heavy atom. The molecule has 1 atom stereocenters. The highest BCUT2D eigenvalue weighted by molar-refractivity contribution is 7.11. The first-order valence-electron chi connectivity index (χ1n) is 5.86. The van der Waals surface area contributed by atoms with Crippen molar-refractivity contribution in [1.82, 2.24) is 15.2 Å². The van der Waals surface area contributed by atoms with Crippen molar-refractivity contribution < 1.29 is 0 Å². The minimum absolute atomic E-state index is 0.409. The zero-order valence-corrected chi connectivity index (χ0v) is 11.8. The monoisotopic (exact) mass is 241 g/mol. The first-order valence-corrected chi connectivity index (χ1v) is 6.68. The van der Waals surface area contributed by atoms with Crippen molar-refractivity contribution in [3.63, 3.8) is 0 Å². The molecule has 0 saturated heterocycles. The smallest absolute Gasteiger partial charge is 0.0897 e. The summed E-state index contributed by atoms with van der Waals surface area (Å²) < 4.78 is 0. The van der Waals surface area contributed by atoms with Gasteiger partial charge in [0.25, 0.3) is 0 Å². The molecule has 0 fully saturated rings. The predicted molar refractivity (Wildman–Crippen MR) is 71.0 cm³/mol. The Morgan fingerprint density at radius 3 is 2.62 bits per heavy atom. The molecule has 0 aliphatic heterocycles. The summed E-state index contributed by atoms with van der Waals surface area (Å²) in [6, 6.07) is 1.02. The van der Waals surface area contributed by atoms with Crippen molar-refractivity contribution in [2.75, 3.05) is 20.1 Å². The first-order chi connectivity index (χ1) is 7.50. The molecular weight excluding hydrogens is 218 g/mol. The Labute approximate surface area is 103 Å². The minimum Gasteiger partial charge on any atom is -0.308 e. The predicted octanol–water partition coefficient (Wildman–Crippen LogP) is 2.44. The van der Waals surface area contributed by atoms with Crippen LogP contribution in [0.2, 0.25) is 0 Å². The van der Waals surface area contributed by atoms with Crippen molar-refractivity contribution in [3.8, 4) is 0 Å². The molecule has 1 aromatic rings. The van der Waals surface area contributed by atoms with Gasteiger partial charge in [-0.15, -0.1) is 11.3 Å². The third kappa shape index (κ3) is 4.20. The fraction of sp³-hybridized carbons (Fsp3) is 0.750. The average Bonchev–Trinajstić information content (AvgIpc) is 2.64. The molecule has 0 spiro atoms. The van der Waals surface area contributed by atoms with E-state index in [9.17, 15) is 0 Å². The van der Waals surface area contributed by atoms with Gasteiger partial charge in [0.1, 0.15) is 0 Å². The second kappa shape index (κ2) is 6.33. The van der Waals surface area contributed by atoms with E-state index >= 15 is 0 Å². The Hall–Kier alpha value is -0.450. The second-order valence-electron chi connectivity index (χ2n) is 4.53. The van der Waals surface area contributed by atoms with E-state index < -0.39 is 0 Å². The summed E-state index contributed by atoms with van der Waals surface area (Å²) in [6.45, 7) is 10.8. The van der Waals surface area contributed by atoms with Crippen LogP contribution in [-0.4, -0.2) is 36.1 Å². The molecule has 1 heterocycles. The molecular formula is C12H23N3S. The van der Waals surface area contributed by atoms with Crippen LogP contribution in [0, 0.1) is 6.92 Å². The minimum atomic E-state index is 0.409. The molecule has 92 valence electrons. The van der Waals surface area contributed by atoms with Crippen LogP contribution in [0.15, 0.2) is 6.20 Å². The second-order valence-corrected chi connectivity index (χ2v) is 5.80. The fourth-order valence-corrected chi connectivity index (χ4v) is 2.21. The van der Waals surface area contributed by atoms with Crippen LogP contribution >= 0.6 is 11.3 Å². The number of aryl methyl sites for hydroxylation is 1. The SMILES string of the molecule is Cc1ncc(C(C)NCCN(C)C(C)C)s1. The number of hydrogen-bond acceptors (Lipinski definition) is 4. The highest BCUT2D eigenvalue weighted by atomic mass is 32.1. The third-order valence-electron chi connectivity index (χ3n) is 2.86. The van der Waals surface area contributed by atoms with Gasteiger partial charge in [0.05, 0.1) is 5.01 Å². The molecule has 0 aliphatic carbocycles. The van der Waals surface area contributed by atoms with Gasteiger partial charge in [-0.25, -0.2) is 4.98 Å². The summed E-state index contributed by atoms with van der Waals surface area (Å²) in [5.41, 5.74) is 0. The maximum absolute atomic E-state index is 4.28. The molecule has 3 nitrogen and oxygen atoms in total. The summed E-state index contributed by atoms with van der Waals surface area (Å²) in [5.74, 6) is 0. The molecule has 4 heteroatoms.